The molecule has 0 radical (unpaired) electrons. The lowest BCUT2D eigenvalue weighted by Gasteiger charge is -2.15. The van der Waals surface area contributed by atoms with E-state index >= 15 is 0 Å². The van der Waals surface area contributed by atoms with Gasteiger partial charge in [-0.2, -0.15) is 0 Å². The molecule has 1 aliphatic heterocycles. The summed E-state index contributed by atoms with van der Waals surface area (Å²) in [7, 11) is -7.03. The highest BCUT2D eigenvalue weighted by molar-refractivity contribution is 7.90. The summed E-state index contributed by atoms with van der Waals surface area (Å²) in [4.78, 5) is 4.03. The Morgan fingerprint density at radius 3 is 2.83 bits per heavy atom. The quantitative estimate of drug-likeness (QED) is 0.775. The van der Waals surface area contributed by atoms with E-state index in [0.29, 0.717) is 23.7 Å². The summed E-state index contributed by atoms with van der Waals surface area (Å²) in [5.74, 6) is 0.120. The van der Waals surface area contributed by atoms with E-state index in [9.17, 15) is 16.8 Å². The largest absolute Gasteiger partial charge is 0.244 e. The fourth-order valence-electron chi connectivity index (χ4n) is 2.67. The van der Waals surface area contributed by atoms with Crippen molar-refractivity contribution in [1.29, 1.82) is 0 Å². The molecule has 1 aliphatic rings. The Kier molecular flexibility index (Phi) is 4.80. The molecule has 10 heteroatoms. The molecule has 0 spiro atoms. The Hall–Kier alpha value is -1.26. The Morgan fingerprint density at radius 1 is 1.33 bits per heavy atom. The highest BCUT2D eigenvalue weighted by Crippen LogP contribution is 2.24. The van der Waals surface area contributed by atoms with Gasteiger partial charge in [0.25, 0.3) is 0 Å². The molecular weight excluding hydrogens is 374 g/mol. The molecule has 0 saturated carbocycles. The van der Waals surface area contributed by atoms with Gasteiger partial charge in [-0.3, -0.25) is 0 Å². The first-order valence-corrected chi connectivity index (χ1v) is 10.8. The molecule has 2 aromatic rings. The topological polar surface area (TPSA) is 96.4 Å². The van der Waals surface area contributed by atoms with Gasteiger partial charge in [-0.15, -0.1) is 0 Å². The van der Waals surface area contributed by atoms with Crippen LogP contribution in [0.4, 0.5) is 0 Å². The summed E-state index contributed by atoms with van der Waals surface area (Å²) in [5, 5.41) is 1.33. The van der Waals surface area contributed by atoms with E-state index in [1.807, 2.05) is 0 Å². The van der Waals surface area contributed by atoms with Crippen LogP contribution in [0.3, 0.4) is 0 Å². The zero-order chi connectivity index (χ0) is 17.4. The van der Waals surface area contributed by atoms with Crippen molar-refractivity contribution >= 4 is 42.4 Å². The molecule has 24 heavy (non-hydrogen) atoms. The first-order valence-electron chi connectivity index (χ1n) is 7.31. The van der Waals surface area contributed by atoms with Crippen LogP contribution in [0, 0.1) is 0 Å². The van der Waals surface area contributed by atoms with Gasteiger partial charge in [0, 0.05) is 36.6 Å². The predicted octanol–water partition coefficient (Wildman–Crippen LogP) is 1.20. The molecule has 3 rings (SSSR count). The van der Waals surface area contributed by atoms with Crippen molar-refractivity contribution in [1.82, 2.24) is 14.0 Å². The number of nitrogens with zero attached hydrogens (tertiary/aromatic N) is 2. The predicted molar refractivity (Wildman–Crippen MR) is 91.9 cm³/mol. The van der Waals surface area contributed by atoms with E-state index in [4.69, 9.17) is 11.6 Å². The van der Waals surface area contributed by atoms with E-state index < -0.39 is 20.0 Å². The number of fused-ring (bicyclic) bond motifs is 1. The summed E-state index contributed by atoms with van der Waals surface area (Å²) >= 11 is 5.86. The van der Waals surface area contributed by atoms with Crippen molar-refractivity contribution < 1.29 is 16.8 Å². The average molecular weight is 390 g/mol. The molecule has 1 fully saturated rings. The molecule has 7 nitrogen and oxygen atoms in total. The number of benzene rings is 1. The molecule has 1 N–H and O–H groups in total. The van der Waals surface area contributed by atoms with Crippen LogP contribution in [0.1, 0.15) is 6.42 Å². The number of hydrogen-bond acceptors (Lipinski definition) is 5. The van der Waals surface area contributed by atoms with Crippen LogP contribution in [0.5, 0.6) is 0 Å². The highest BCUT2D eigenvalue weighted by Gasteiger charge is 2.28. The molecular formula is C14H16ClN3O4S2. The lowest BCUT2D eigenvalue weighted by molar-refractivity contribution is 0.445. The Bertz CT molecular complexity index is 977. The normalized spacial score (nSPS) is 18.2. The fraction of sp³-hybridized carbons (Fsp3) is 0.357. The third-order valence-corrected chi connectivity index (χ3v) is 7.52. The monoisotopic (exact) mass is 389 g/mol. The Labute approximate surface area is 145 Å². The molecule has 1 aromatic heterocycles. The van der Waals surface area contributed by atoms with Gasteiger partial charge in [0.2, 0.25) is 20.0 Å². The van der Waals surface area contributed by atoms with Gasteiger partial charge >= 0.3 is 0 Å². The van der Waals surface area contributed by atoms with E-state index in [2.05, 4.69) is 9.71 Å². The zero-order valence-corrected chi connectivity index (χ0v) is 15.0. The van der Waals surface area contributed by atoms with Crippen LogP contribution in [0.15, 0.2) is 35.4 Å². The molecule has 0 atom stereocenters. The van der Waals surface area contributed by atoms with Crippen molar-refractivity contribution in [2.45, 2.75) is 11.3 Å². The van der Waals surface area contributed by atoms with Gasteiger partial charge in [0.05, 0.1) is 10.6 Å². The first-order chi connectivity index (χ1) is 11.3. The number of rotatable bonds is 5. The van der Waals surface area contributed by atoms with Crippen molar-refractivity contribution in [3.8, 4) is 0 Å². The van der Waals surface area contributed by atoms with Crippen LogP contribution < -0.4 is 4.72 Å². The van der Waals surface area contributed by atoms with Crippen molar-refractivity contribution in [3.63, 3.8) is 0 Å². The van der Waals surface area contributed by atoms with Crippen LogP contribution in [0.2, 0.25) is 5.15 Å². The fourth-order valence-corrected chi connectivity index (χ4v) is 5.60. The van der Waals surface area contributed by atoms with Crippen LogP contribution in [-0.4, -0.2) is 51.5 Å². The van der Waals surface area contributed by atoms with Gasteiger partial charge in [-0.05, 0) is 18.6 Å². The van der Waals surface area contributed by atoms with E-state index in [-0.39, 0.29) is 28.9 Å². The lowest BCUT2D eigenvalue weighted by atomic mass is 10.2. The smallest absolute Gasteiger partial charge is 0.241 e. The number of aromatic nitrogens is 1. The second-order valence-electron chi connectivity index (χ2n) is 5.45. The SMILES string of the molecule is O=S(=O)(NCCN1CCCS1(=O)=O)c1cccc2cnc(Cl)cc12. The van der Waals surface area contributed by atoms with Crippen LogP contribution >= 0.6 is 11.6 Å². The number of sulfonamides is 2. The number of hydrogen-bond donors (Lipinski definition) is 1. The Morgan fingerprint density at radius 2 is 2.12 bits per heavy atom. The maximum atomic E-state index is 12.6. The van der Waals surface area contributed by atoms with Crippen LogP contribution in [0.25, 0.3) is 10.8 Å². The van der Waals surface area contributed by atoms with Gasteiger partial charge in [0.1, 0.15) is 5.15 Å². The molecule has 0 aliphatic carbocycles. The zero-order valence-electron chi connectivity index (χ0n) is 12.6. The second-order valence-corrected chi connectivity index (χ2v) is 9.66. The summed E-state index contributed by atoms with van der Waals surface area (Å²) in [5.41, 5.74) is 0. The van der Waals surface area contributed by atoms with Crippen molar-refractivity contribution in [2.75, 3.05) is 25.4 Å². The molecule has 0 bridgehead atoms. The molecule has 130 valence electrons. The maximum Gasteiger partial charge on any atom is 0.241 e. The van der Waals surface area contributed by atoms with Crippen LogP contribution in [-0.2, 0) is 20.0 Å². The molecule has 0 amide bonds. The van der Waals surface area contributed by atoms with Gasteiger partial charge < -0.3 is 0 Å². The van der Waals surface area contributed by atoms with Gasteiger partial charge in [-0.1, -0.05) is 23.7 Å². The number of nitrogens with one attached hydrogen (secondary N) is 1. The van der Waals surface area contributed by atoms with E-state index in [0.717, 1.165) is 0 Å². The van der Waals surface area contributed by atoms with E-state index in [1.54, 1.807) is 12.1 Å². The average Bonchev–Trinajstić information content (AvgIpc) is 2.85. The minimum absolute atomic E-state index is 0.0107. The van der Waals surface area contributed by atoms with Crippen molar-refractivity contribution in [2.24, 2.45) is 0 Å². The van der Waals surface area contributed by atoms with Gasteiger partial charge in [-0.25, -0.2) is 30.8 Å². The summed E-state index contributed by atoms with van der Waals surface area (Å²) in [6.07, 6.45) is 2.08. The van der Waals surface area contributed by atoms with Crippen molar-refractivity contribution in [3.05, 3.63) is 35.6 Å². The van der Waals surface area contributed by atoms with Gasteiger partial charge in [0.15, 0.2) is 0 Å². The minimum atomic E-state index is -3.79. The maximum absolute atomic E-state index is 12.6. The lowest BCUT2D eigenvalue weighted by Crippen LogP contribution is -2.35. The minimum Gasteiger partial charge on any atom is -0.244 e. The molecule has 2 heterocycles. The molecule has 1 aromatic carbocycles. The van der Waals surface area contributed by atoms with E-state index in [1.165, 1.54) is 22.6 Å². The summed E-state index contributed by atoms with van der Waals surface area (Å²) in [6.45, 7) is 0.561. The Balaban J connectivity index is 1.80. The second kappa shape index (κ2) is 6.57. The highest BCUT2D eigenvalue weighted by atomic mass is 35.5. The first kappa shape index (κ1) is 17.6. The molecule has 0 unspecified atom stereocenters. The third-order valence-electron chi connectivity index (χ3n) is 3.84. The third kappa shape index (κ3) is 3.55. The number of halogens is 1. The summed E-state index contributed by atoms with van der Waals surface area (Å²) in [6, 6.07) is 6.34. The molecule has 1 saturated heterocycles. The number of pyridine rings is 1. The summed E-state index contributed by atoms with van der Waals surface area (Å²) < 4.78 is 52.3. The standard InChI is InChI=1S/C14H16ClN3O4S2/c15-14-9-12-11(10-16-14)3-1-4-13(12)24(21,22)17-5-7-18-6-2-8-23(18,19)20/h1,3-4,9-10,17H,2,5-8H2.